The quantitative estimate of drug-likeness (QED) is 0.184. The fourth-order valence-corrected chi connectivity index (χ4v) is 7.76. The van der Waals surface area contributed by atoms with Gasteiger partial charge in [-0.2, -0.15) is 20.2 Å². The number of imidazole rings is 2. The molecule has 2 amide bonds. The molecule has 1 N–H and O–H groups in total. The lowest BCUT2D eigenvalue weighted by Gasteiger charge is -2.39. The van der Waals surface area contributed by atoms with E-state index in [2.05, 4.69) is 35.2 Å². The second-order valence-corrected chi connectivity index (χ2v) is 14.7. The Morgan fingerprint density at radius 3 is 1.51 bits per heavy atom. The molecule has 2 aromatic carbocycles. The number of rotatable bonds is 8. The van der Waals surface area contributed by atoms with Crippen LogP contribution in [0.3, 0.4) is 0 Å². The summed E-state index contributed by atoms with van der Waals surface area (Å²) >= 11 is 0. The lowest BCUT2D eigenvalue weighted by Crippen LogP contribution is -2.50. The number of fused-ring (bicyclic) bond motifs is 2. The molecule has 0 saturated heterocycles. The highest BCUT2D eigenvalue weighted by Crippen LogP contribution is 2.41. The van der Waals surface area contributed by atoms with Gasteiger partial charge in [0.05, 0.1) is 36.2 Å². The number of halogens is 2. The van der Waals surface area contributed by atoms with E-state index in [0.717, 1.165) is 22.5 Å². The molecule has 18 nitrogen and oxygen atoms in total. The van der Waals surface area contributed by atoms with Crippen LogP contribution < -0.4 is 19.6 Å². The van der Waals surface area contributed by atoms with Gasteiger partial charge >= 0.3 is 0 Å². The molecule has 8 heterocycles. The number of anilines is 6. The topological polar surface area (TPSA) is 181 Å². The van der Waals surface area contributed by atoms with E-state index in [0.29, 0.717) is 59.4 Å². The minimum atomic E-state index is -0.419. The van der Waals surface area contributed by atoms with Gasteiger partial charge in [-0.25, -0.2) is 28.7 Å². The van der Waals surface area contributed by atoms with Crippen molar-refractivity contribution < 1.29 is 18.4 Å². The van der Waals surface area contributed by atoms with Crippen LogP contribution in [0.5, 0.6) is 0 Å². The van der Waals surface area contributed by atoms with Crippen LogP contribution in [0.15, 0.2) is 110 Å². The van der Waals surface area contributed by atoms with Crippen LogP contribution in [0.2, 0.25) is 0 Å². The third-order valence-electron chi connectivity index (χ3n) is 10.9. The molecule has 6 aromatic heterocycles. The fraction of sp³-hybridized carbons (Fsp3) is 0.209. The van der Waals surface area contributed by atoms with E-state index in [4.69, 9.17) is 9.97 Å². The average molecular weight is 851 g/mol. The molecule has 2 unspecified atom stereocenters. The van der Waals surface area contributed by atoms with Crippen LogP contribution in [0.1, 0.15) is 26.7 Å². The highest BCUT2D eigenvalue weighted by Gasteiger charge is 2.40. The van der Waals surface area contributed by atoms with Crippen LogP contribution in [0.4, 0.5) is 43.2 Å². The minimum absolute atomic E-state index is 0.0326. The molecule has 8 aromatic rings. The number of amides is 2. The summed E-state index contributed by atoms with van der Waals surface area (Å²) in [4.78, 5) is 60.4. The van der Waals surface area contributed by atoms with Crippen molar-refractivity contribution >= 4 is 46.2 Å². The molecule has 0 radical (unpaired) electrons. The Balaban J connectivity index is 0.000000160. The predicted molar refractivity (Wildman–Crippen MR) is 230 cm³/mol. The molecule has 2 aliphatic heterocycles. The van der Waals surface area contributed by atoms with Crippen molar-refractivity contribution in [1.29, 1.82) is 0 Å². The standard InChI is InChI=1S/C22H21FN8O.C21H19FN8O/c1-4-17-21(32)29(3)18-12-25-22(27-20(18)31(17)16-11-26-28(2)13-16)30-10-9-24-19(30)14-5-7-15(23)8-6-14;1-3-16-20(31)28(2)17-12-24-21(27-19(17)30(16)15-10-25-26-11-15)29-9-8-23-18(29)13-4-6-14(22)7-5-13/h5-13,17H,4H2,1-3H3;4-12,16H,3H2,1-2H3,(H,25,26). The van der Waals surface area contributed by atoms with Gasteiger partial charge in [-0.3, -0.25) is 28.5 Å². The van der Waals surface area contributed by atoms with E-state index in [9.17, 15) is 18.4 Å². The molecule has 0 fully saturated rings. The number of nitrogens with zero attached hydrogens (tertiary/aromatic N) is 15. The number of aromatic amines is 1. The zero-order valence-electron chi connectivity index (χ0n) is 34.7. The molecule has 0 aliphatic carbocycles. The molecule has 10 rings (SSSR count). The monoisotopic (exact) mass is 850 g/mol. The Morgan fingerprint density at radius 2 is 1.10 bits per heavy atom. The summed E-state index contributed by atoms with van der Waals surface area (Å²) in [5, 5.41) is 11.1. The van der Waals surface area contributed by atoms with Crippen molar-refractivity contribution in [2.45, 2.75) is 38.8 Å². The van der Waals surface area contributed by atoms with Crippen LogP contribution in [0, 0.1) is 11.6 Å². The number of carbonyl (C=O) groups excluding carboxylic acids is 2. The van der Waals surface area contributed by atoms with Gasteiger partial charge in [-0.1, -0.05) is 13.8 Å². The number of aryl methyl sites for hydroxylation is 1. The highest BCUT2D eigenvalue weighted by molar-refractivity contribution is 6.07. The van der Waals surface area contributed by atoms with E-state index in [1.807, 2.05) is 36.9 Å². The first-order valence-electron chi connectivity index (χ1n) is 20.0. The van der Waals surface area contributed by atoms with E-state index in [1.165, 1.54) is 24.3 Å². The third kappa shape index (κ3) is 7.19. The summed E-state index contributed by atoms with van der Waals surface area (Å²) < 4.78 is 31.9. The highest BCUT2D eigenvalue weighted by atomic mass is 19.1. The summed E-state index contributed by atoms with van der Waals surface area (Å²) in [6.07, 6.45) is 18.2. The molecular weight excluding hydrogens is 811 g/mol. The van der Waals surface area contributed by atoms with Gasteiger partial charge < -0.3 is 19.6 Å². The molecule has 0 spiro atoms. The van der Waals surface area contributed by atoms with E-state index in [1.54, 1.807) is 118 Å². The molecule has 20 heteroatoms. The van der Waals surface area contributed by atoms with Gasteiger partial charge in [-0.05, 0) is 61.4 Å². The SMILES string of the molecule is CCC1C(=O)N(C)c2cnc(-n3ccnc3-c3ccc(F)cc3)nc2N1c1cn[nH]c1.CCC1C(=O)N(C)c2cnc(-n3ccnc3-c3ccc(F)cc3)nc2N1c1cnn(C)c1. The van der Waals surface area contributed by atoms with Gasteiger partial charge in [0.25, 0.3) is 0 Å². The maximum atomic E-state index is 13.4. The summed E-state index contributed by atoms with van der Waals surface area (Å²) in [7, 11) is 5.28. The van der Waals surface area contributed by atoms with E-state index >= 15 is 0 Å². The Labute approximate surface area is 359 Å². The number of nitrogens with one attached hydrogen (secondary N) is 1. The van der Waals surface area contributed by atoms with Crippen LogP contribution in [0.25, 0.3) is 34.7 Å². The van der Waals surface area contributed by atoms with Gasteiger partial charge in [-0.15, -0.1) is 0 Å². The van der Waals surface area contributed by atoms with Crippen molar-refractivity contribution in [3.05, 3.63) is 122 Å². The van der Waals surface area contributed by atoms with Crippen LogP contribution >= 0.6 is 0 Å². The average Bonchev–Trinajstić information content (AvgIpc) is 4.16. The Morgan fingerprint density at radius 1 is 0.619 bits per heavy atom. The van der Waals surface area contributed by atoms with Crippen molar-refractivity contribution in [3.63, 3.8) is 0 Å². The normalized spacial score (nSPS) is 15.9. The smallest absolute Gasteiger partial charge is 0.250 e. The second-order valence-electron chi connectivity index (χ2n) is 14.7. The molecule has 0 saturated carbocycles. The first kappa shape index (κ1) is 40.3. The van der Waals surface area contributed by atoms with Crippen molar-refractivity contribution in [2.75, 3.05) is 33.7 Å². The molecular formula is C43H40F2N16O2. The number of hydrogen-bond donors (Lipinski definition) is 1. The number of hydrogen-bond acceptors (Lipinski definition) is 12. The van der Waals surface area contributed by atoms with Crippen molar-refractivity contribution in [3.8, 4) is 34.7 Å². The maximum Gasteiger partial charge on any atom is 0.250 e. The molecule has 63 heavy (non-hydrogen) atoms. The maximum absolute atomic E-state index is 13.4. The Bertz CT molecular complexity index is 2930. The van der Waals surface area contributed by atoms with Crippen molar-refractivity contribution in [1.82, 2.24) is 59.0 Å². The first-order valence-corrected chi connectivity index (χ1v) is 20.0. The van der Waals surface area contributed by atoms with Gasteiger partial charge in [0.1, 0.15) is 46.7 Å². The molecule has 2 aliphatic rings. The second kappa shape index (κ2) is 16.4. The number of likely N-dealkylation sites (N-methyl/N-ethyl adjacent to an activating group) is 2. The van der Waals surface area contributed by atoms with Crippen LogP contribution in [-0.2, 0) is 16.6 Å². The number of aromatic nitrogens is 12. The van der Waals surface area contributed by atoms with Gasteiger partial charge in [0, 0.05) is 69.5 Å². The fourth-order valence-electron chi connectivity index (χ4n) is 7.76. The van der Waals surface area contributed by atoms with E-state index in [-0.39, 0.29) is 23.4 Å². The zero-order valence-corrected chi connectivity index (χ0v) is 34.7. The number of carbonyl (C=O) groups is 2. The molecule has 2 atom stereocenters. The lowest BCUT2D eigenvalue weighted by atomic mass is 10.1. The van der Waals surface area contributed by atoms with Gasteiger partial charge in [0.2, 0.25) is 23.7 Å². The van der Waals surface area contributed by atoms with Crippen LogP contribution in [-0.4, -0.2) is 97.0 Å². The molecule has 318 valence electrons. The summed E-state index contributed by atoms with van der Waals surface area (Å²) in [5.74, 6) is 2.45. The minimum Gasteiger partial charge on any atom is -0.309 e. The summed E-state index contributed by atoms with van der Waals surface area (Å²) in [6, 6.07) is 11.3. The molecule has 0 bridgehead atoms. The van der Waals surface area contributed by atoms with Gasteiger partial charge in [0.15, 0.2) is 11.6 Å². The summed E-state index contributed by atoms with van der Waals surface area (Å²) in [5.41, 5.74) is 4.19. The summed E-state index contributed by atoms with van der Waals surface area (Å²) in [6.45, 7) is 3.93. The lowest BCUT2D eigenvalue weighted by molar-refractivity contribution is -0.120. The number of benzene rings is 2. The zero-order chi connectivity index (χ0) is 43.9. The number of H-pyrrole nitrogens is 1. The van der Waals surface area contributed by atoms with E-state index < -0.39 is 12.1 Å². The Kier molecular flexibility index (Phi) is 10.5. The largest absolute Gasteiger partial charge is 0.309 e. The predicted octanol–water partition coefficient (Wildman–Crippen LogP) is 6.18. The third-order valence-corrected chi connectivity index (χ3v) is 10.9. The van der Waals surface area contributed by atoms with Crippen molar-refractivity contribution in [2.24, 2.45) is 7.05 Å². The Hall–Kier alpha value is -8.16. The first-order chi connectivity index (χ1) is 30.6.